The molecule has 0 N–H and O–H groups in total. The first-order chi connectivity index (χ1) is 12.7. The van der Waals surface area contributed by atoms with Crippen LogP contribution in [0.2, 0.25) is 0 Å². The molecule has 0 amide bonds. The predicted octanol–water partition coefficient (Wildman–Crippen LogP) is 1.76. The summed E-state index contributed by atoms with van der Waals surface area (Å²) in [6.07, 6.45) is 9.85. The van der Waals surface area contributed by atoms with Crippen molar-refractivity contribution in [2.45, 2.75) is 0 Å². The number of carbonyl (C=O) groups is 2. The maximum atomic E-state index is 12.4. The molecule has 8 nitrogen and oxygen atoms in total. The molecule has 26 heavy (non-hydrogen) atoms. The zero-order valence-corrected chi connectivity index (χ0v) is 14.2. The van der Waals surface area contributed by atoms with E-state index in [0.717, 1.165) is 5.69 Å². The van der Waals surface area contributed by atoms with Gasteiger partial charge >= 0.3 is 11.9 Å². The molecule has 2 aromatic rings. The number of aromatic nitrogens is 3. The van der Waals surface area contributed by atoms with Gasteiger partial charge in [0.05, 0.1) is 37.9 Å². The molecule has 2 heterocycles. The monoisotopic (exact) mass is 352 g/mol. The summed E-state index contributed by atoms with van der Waals surface area (Å²) in [7, 11) is 2.52. The summed E-state index contributed by atoms with van der Waals surface area (Å²) < 4.78 is 11.3. The highest BCUT2D eigenvalue weighted by atomic mass is 16.5. The molecule has 0 spiro atoms. The van der Waals surface area contributed by atoms with Crippen LogP contribution in [0.3, 0.4) is 0 Å². The summed E-state index contributed by atoms with van der Waals surface area (Å²) in [5.41, 5.74) is 1.64. The number of esters is 2. The van der Waals surface area contributed by atoms with Gasteiger partial charge in [-0.05, 0) is 36.4 Å². The number of carbonyl (C=O) groups excluding carboxylic acids is 2. The Morgan fingerprint density at radius 2 is 1.65 bits per heavy atom. The second-order valence-electron chi connectivity index (χ2n) is 5.18. The first-order valence-corrected chi connectivity index (χ1v) is 7.67. The van der Waals surface area contributed by atoms with Crippen LogP contribution in [0.1, 0.15) is 0 Å². The molecule has 0 saturated heterocycles. The highest BCUT2D eigenvalue weighted by Crippen LogP contribution is 2.27. The van der Waals surface area contributed by atoms with Gasteiger partial charge in [0, 0.05) is 11.9 Å². The lowest BCUT2D eigenvalue weighted by Gasteiger charge is -2.23. The fraction of sp³-hybridized carbons (Fsp3) is 0.111. The quantitative estimate of drug-likeness (QED) is 0.775. The van der Waals surface area contributed by atoms with Gasteiger partial charge in [0.25, 0.3) is 0 Å². The van der Waals surface area contributed by atoms with Gasteiger partial charge in [-0.2, -0.15) is 0 Å². The summed E-state index contributed by atoms with van der Waals surface area (Å²) in [5, 5.41) is 7.70. The predicted molar refractivity (Wildman–Crippen MR) is 93.2 cm³/mol. The molecule has 132 valence electrons. The zero-order chi connectivity index (χ0) is 18.5. The van der Waals surface area contributed by atoms with E-state index in [0.29, 0.717) is 5.69 Å². The van der Waals surface area contributed by atoms with E-state index in [1.165, 1.54) is 20.3 Å². The minimum absolute atomic E-state index is 0.0675. The molecular weight excluding hydrogens is 336 g/mol. The van der Waals surface area contributed by atoms with Crippen molar-refractivity contribution in [3.8, 4) is 5.69 Å². The molecule has 1 aliphatic heterocycles. The number of hydrogen-bond donors (Lipinski definition) is 0. The maximum Gasteiger partial charge on any atom is 0.355 e. The van der Waals surface area contributed by atoms with E-state index < -0.39 is 11.9 Å². The summed E-state index contributed by atoms with van der Waals surface area (Å²) >= 11 is 0. The summed E-state index contributed by atoms with van der Waals surface area (Å²) in [6.45, 7) is 0. The highest BCUT2D eigenvalue weighted by molar-refractivity contribution is 6.05. The van der Waals surface area contributed by atoms with Crippen molar-refractivity contribution in [2.24, 2.45) is 0 Å². The van der Waals surface area contributed by atoms with Crippen LogP contribution in [0, 0.1) is 0 Å². The van der Waals surface area contributed by atoms with Gasteiger partial charge in [0.15, 0.2) is 0 Å². The van der Waals surface area contributed by atoms with Gasteiger partial charge in [-0.25, -0.2) is 14.3 Å². The van der Waals surface area contributed by atoms with Gasteiger partial charge in [0.2, 0.25) is 0 Å². The summed E-state index contributed by atoms with van der Waals surface area (Å²) in [5.74, 6) is -1.28. The molecule has 0 saturated carbocycles. The van der Waals surface area contributed by atoms with Crippen molar-refractivity contribution < 1.29 is 19.1 Å². The average molecular weight is 352 g/mol. The van der Waals surface area contributed by atoms with Gasteiger partial charge in [-0.15, -0.1) is 5.10 Å². The van der Waals surface area contributed by atoms with E-state index in [-0.39, 0.29) is 11.3 Å². The molecular formula is C18H16N4O4. The smallest absolute Gasteiger partial charge is 0.355 e. The van der Waals surface area contributed by atoms with Gasteiger partial charge < -0.3 is 14.4 Å². The third kappa shape index (κ3) is 3.25. The van der Waals surface area contributed by atoms with Crippen molar-refractivity contribution in [1.29, 1.82) is 0 Å². The second kappa shape index (κ2) is 7.47. The molecule has 0 atom stereocenters. The fourth-order valence-corrected chi connectivity index (χ4v) is 2.48. The number of rotatable bonds is 4. The minimum atomic E-state index is -0.651. The van der Waals surface area contributed by atoms with E-state index in [1.807, 2.05) is 12.1 Å². The summed E-state index contributed by atoms with van der Waals surface area (Å²) in [4.78, 5) is 26.1. The molecule has 0 unspecified atom stereocenters. The Labute approximate surface area is 149 Å². The van der Waals surface area contributed by atoms with Crippen LogP contribution in [0.15, 0.2) is 72.4 Å². The SMILES string of the molecule is COC(=O)C1=C(C(=O)OC)N(c2ccc(-n3ccnn3)cc2)C=CC=C1. The molecule has 1 aromatic carbocycles. The molecule has 8 heteroatoms. The van der Waals surface area contributed by atoms with Crippen molar-refractivity contribution in [2.75, 3.05) is 19.1 Å². The number of hydrogen-bond acceptors (Lipinski definition) is 7. The number of anilines is 1. The summed E-state index contributed by atoms with van der Waals surface area (Å²) in [6, 6.07) is 7.24. The van der Waals surface area contributed by atoms with Crippen LogP contribution in [-0.4, -0.2) is 41.2 Å². The first kappa shape index (κ1) is 17.2. The standard InChI is InChI=1S/C18H16N4O4/c1-25-17(23)15-5-3-4-11-21(16(15)18(24)26-2)13-6-8-14(9-7-13)22-12-10-19-20-22/h3-12H,1-2H3. The third-order valence-electron chi connectivity index (χ3n) is 3.70. The Kier molecular flexibility index (Phi) is 4.93. The van der Waals surface area contributed by atoms with Gasteiger partial charge in [-0.1, -0.05) is 11.3 Å². The zero-order valence-electron chi connectivity index (χ0n) is 14.2. The van der Waals surface area contributed by atoms with Crippen LogP contribution < -0.4 is 4.90 Å². The lowest BCUT2D eigenvalue weighted by molar-refractivity contribution is -0.139. The Hall–Kier alpha value is -3.68. The number of nitrogens with zero attached hydrogens (tertiary/aromatic N) is 4. The lowest BCUT2D eigenvalue weighted by Crippen LogP contribution is -2.26. The van der Waals surface area contributed by atoms with Crippen molar-refractivity contribution in [3.05, 3.63) is 72.4 Å². The number of allylic oxidation sites excluding steroid dienone is 2. The van der Waals surface area contributed by atoms with E-state index in [9.17, 15) is 9.59 Å². The molecule has 3 rings (SSSR count). The maximum absolute atomic E-state index is 12.4. The Balaban J connectivity index is 2.06. The van der Waals surface area contributed by atoms with E-state index in [2.05, 4.69) is 10.3 Å². The topological polar surface area (TPSA) is 86.6 Å². The lowest BCUT2D eigenvalue weighted by atomic mass is 10.1. The number of methoxy groups -OCH3 is 2. The van der Waals surface area contributed by atoms with E-state index >= 15 is 0 Å². The van der Waals surface area contributed by atoms with Crippen LogP contribution in [-0.2, 0) is 19.1 Å². The van der Waals surface area contributed by atoms with Crippen LogP contribution in [0.4, 0.5) is 5.69 Å². The third-order valence-corrected chi connectivity index (χ3v) is 3.70. The molecule has 1 aliphatic rings. The molecule has 0 bridgehead atoms. The van der Waals surface area contributed by atoms with E-state index in [4.69, 9.17) is 9.47 Å². The number of benzene rings is 1. The molecule has 0 fully saturated rings. The highest BCUT2D eigenvalue weighted by Gasteiger charge is 2.27. The van der Waals surface area contributed by atoms with Crippen molar-refractivity contribution in [1.82, 2.24) is 15.0 Å². The van der Waals surface area contributed by atoms with Crippen LogP contribution in [0.5, 0.6) is 0 Å². The van der Waals surface area contributed by atoms with Crippen molar-refractivity contribution >= 4 is 17.6 Å². The van der Waals surface area contributed by atoms with Crippen molar-refractivity contribution in [3.63, 3.8) is 0 Å². The Bertz CT molecular complexity index is 896. The second-order valence-corrected chi connectivity index (χ2v) is 5.18. The van der Waals surface area contributed by atoms with Gasteiger partial charge in [0.1, 0.15) is 5.70 Å². The Morgan fingerprint density at radius 3 is 2.27 bits per heavy atom. The normalized spacial score (nSPS) is 13.5. The largest absolute Gasteiger partial charge is 0.465 e. The average Bonchev–Trinajstić information content (AvgIpc) is 3.13. The molecule has 0 radical (unpaired) electrons. The number of ether oxygens (including phenoxy) is 2. The van der Waals surface area contributed by atoms with E-state index in [1.54, 1.807) is 52.5 Å². The first-order valence-electron chi connectivity index (χ1n) is 7.67. The van der Waals surface area contributed by atoms with Crippen LogP contribution >= 0.6 is 0 Å². The Morgan fingerprint density at radius 1 is 0.962 bits per heavy atom. The minimum Gasteiger partial charge on any atom is -0.465 e. The van der Waals surface area contributed by atoms with Gasteiger partial charge in [-0.3, -0.25) is 0 Å². The molecule has 1 aromatic heterocycles. The molecule has 0 aliphatic carbocycles. The fourth-order valence-electron chi connectivity index (χ4n) is 2.48. The van der Waals surface area contributed by atoms with Crippen LogP contribution in [0.25, 0.3) is 5.69 Å².